The summed E-state index contributed by atoms with van der Waals surface area (Å²) in [6.45, 7) is 0. The second-order valence-corrected chi connectivity index (χ2v) is 4.62. The molecule has 0 radical (unpaired) electrons. The highest BCUT2D eigenvalue weighted by molar-refractivity contribution is 5.85. The summed E-state index contributed by atoms with van der Waals surface area (Å²) in [5, 5.41) is 11.0. The summed E-state index contributed by atoms with van der Waals surface area (Å²) in [7, 11) is 1.20. The quantitative estimate of drug-likeness (QED) is 0.616. The van der Waals surface area contributed by atoms with E-state index in [-0.39, 0.29) is 24.8 Å². The summed E-state index contributed by atoms with van der Waals surface area (Å²) in [5.74, 6) is -3.16. The zero-order valence-electron chi connectivity index (χ0n) is 12.1. The smallest absolute Gasteiger partial charge is 0.328 e. The Kier molecular flexibility index (Phi) is 6.96. The molecule has 1 rings (SSSR count). The molecule has 1 aromatic rings. The van der Waals surface area contributed by atoms with Crippen LogP contribution in [0.3, 0.4) is 0 Å². The number of carbonyl (C=O) groups excluding carboxylic acids is 2. The van der Waals surface area contributed by atoms with E-state index < -0.39 is 29.6 Å². The van der Waals surface area contributed by atoms with E-state index in [0.717, 1.165) is 12.1 Å². The normalized spacial score (nSPS) is 11.4. The van der Waals surface area contributed by atoms with Gasteiger partial charge in [0.2, 0.25) is 5.91 Å². The number of nitrogens with one attached hydrogen (secondary N) is 1. The second-order valence-electron chi connectivity index (χ2n) is 4.62. The molecule has 1 amide bonds. The van der Waals surface area contributed by atoms with Gasteiger partial charge < -0.3 is 10.1 Å². The van der Waals surface area contributed by atoms with Crippen molar-refractivity contribution in [2.24, 2.45) is 0 Å². The van der Waals surface area contributed by atoms with E-state index >= 15 is 0 Å². The topological polar surface area (TPSA) is 79.2 Å². The van der Waals surface area contributed by atoms with E-state index in [9.17, 15) is 18.4 Å². The molecule has 0 aromatic heterocycles. The van der Waals surface area contributed by atoms with Gasteiger partial charge in [-0.15, -0.1) is 0 Å². The highest BCUT2D eigenvalue weighted by Gasteiger charge is 2.21. The Morgan fingerprint density at radius 1 is 1.36 bits per heavy atom. The molecular weight excluding hydrogens is 294 g/mol. The average molecular weight is 310 g/mol. The van der Waals surface area contributed by atoms with Crippen molar-refractivity contribution in [1.29, 1.82) is 5.26 Å². The van der Waals surface area contributed by atoms with Gasteiger partial charge in [0.05, 0.1) is 19.6 Å². The SMILES string of the molecule is COC(=O)[C@@H](CCCC#N)NC(=O)Cc1ccc(F)c(F)c1. The molecule has 0 heterocycles. The summed E-state index contributed by atoms with van der Waals surface area (Å²) < 4.78 is 30.5. The van der Waals surface area contributed by atoms with Gasteiger partial charge >= 0.3 is 5.97 Å². The Bertz CT molecular complexity index is 585. The predicted octanol–water partition coefficient (Wildman–Crippen LogP) is 1.86. The van der Waals surface area contributed by atoms with Crippen LogP contribution in [0.1, 0.15) is 24.8 Å². The first-order chi connectivity index (χ1) is 10.5. The van der Waals surface area contributed by atoms with Crippen LogP contribution < -0.4 is 5.32 Å². The van der Waals surface area contributed by atoms with Gasteiger partial charge in [0.15, 0.2) is 11.6 Å². The minimum atomic E-state index is -1.04. The molecule has 5 nitrogen and oxygen atoms in total. The molecular formula is C15H16F2N2O3. The van der Waals surface area contributed by atoms with Crippen LogP contribution in [0, 0.1) is 23.0 Å². The number of methoxy groups -OCH3 is 1. The van der Waals surface area contributed by atoms with Crippen molar-refractivity contribution in [2.75, 3.05) is 7.11 Å². The molecule has 0 saturated carbocycles. The molecule has 0 spiro atoms. The first-order valence-electron chi connectivity index (χ1n) is 6.66. The largest absolute Gasteiger partial charge is 0.467 e. The molecule has 118 valence electrons. The summed E-state index contributed by atoms with van der Waals surface area (Å²) in [6.07, 6.45) is 0.765. The molecule has 0 fully saturated rings. The van der Waals surface area contributed by atoms with Crippen molar-refractivity contribution in [3.05, 3.63) is 35.4 Å². The monoisotopic (exact) mass is 310 g/mol. The number of nitrogens with zero attached hydrogens (tertiary/aromatic N) is 1. The minimum Gasteiger partial charge on any atom is -0.467 e. The lowest BCUT2D eigenvalue weighted by molar-refractivity contribution is -0.145. The molecule has 1 N–H and O–H groups in total. The molecule has 7 heteroatoms. The van der Waals surface area contributed by atoms with Gasteiger partial charge in [-0.25, -0.2) is 13.6 Å². The van der Waals surface area contributed by atoms with Crippen LogP contribution in [0.4, 0.5) is 8.78 Å². The van der Waals surface area contributed by atoms with Crippen molar-refractivity contribution in [3.63, 3.8) is 0 Å². The zero-order valence-corrected chi connectivity index (χ0v) is 12.1. The highest BCUT2D eigenvalue weighted by Crippen LogP contribution is 2.10. The fraction of sp³-hybridized carbons (Fsp3) is 0.400. The molecule has 0 aliphatic rings. The number of rotatable bonds is 7. The van der Waals surface area contributed by atoms with E-state index in [1.807, 2.05) is 6.07 Å². The Morgan fingerprint density at radius 3 is 2.68 bits per heavy atom. The molecule has 22 heavy (non-hydrogen) atoms. The number of carbonyl (C=O) groups is 2. The lowest BCUT2D eigenvalue weighted by atomic mass is 10.1. The van der Waals surface area contributed by atoms with Gasteiger partial charge in [0, 0.05) is 6.42 Å². The minimum absolute atomic E-state index is 0.192. The number of hydrogen-bond acceptors (Lipinski definition) is 4. The van der Waals surface area contributed by atoms with Crippen molar-refractivity contribution in [1.82, 2.24) is 5.32 Å². The first-order valence-corrected chi connectivity index (χ1v) is 6.66. The summed E-state index contributed by atoms with van der Waals surface area (Å²) in [4.78, 5) is 23.4. The van der Waals surface area contributed by atoms with Crippen LogP contribution in [0.15, 0.2) is 18.2 Å². The number of benzene rings is 1. The fourth-order valence-electron chi connectivity index (χ4n) is 1.86. The molecule has 1 aromatic carbocycles. The van der Waals surface area contributed by atoms with Crippen molar-refractivity contribution < 1.29 is 23.1 Å². The Balaban J connectivity index is 2.63. The van der Waals surface area contributed by atoms with Crippen molar-refractivity contribution in [3.8, 4) is 6.07 Å². The molecule has 1 atom stereocenters. The summed E-state index contributed by atoms with van der Waals surface area (Å²) >= 11 is 0. The first kappa shape index (κ1) is 17.6. The number of unbranched alkanes of at least 4 members (excludes halogenated alkanes) is 1. The lowest BCUT2D eigenvalue weighted by Gasteiger charge is -2.16. The van der Waals surface area contributed by atoms with E-state index in [4.69, 9.17) is 5.26 Å². The van der Waals surface area contributed by atoms with E-state index in [2.05, 4.69) is 10.1 Å². The van der Waals surface area contributed by atoms with Gasteiger partial charge in [-0.3, -0.25) is 4.79 Å². The lowest BCUT2D eigenvalue weighted by Crippen LogP contribution is -2.42. The van der Waals surface area contributed by atoms with Gasteiger partial charge in [-0.05, 0) is 30.5 Å². The third-order valence-electron chi connectivity index (χ3n) is 2.95. The number of halogens is 2. The highest BCUT2D eigenvalue weighted by atomic mass is 19.2. The Labute approximate surface area is 126 Å². The van der Waals surface area contributed by atoms with Gasteiger partial charge in [-0.2, -0.15) is 5.26 Å². The van der Waals surface area contributed by atoms with Crippen LogP contribution in [-0.4, -0.2) is 25.0 Å². The van der Waals surface area contributed by atoms with Crippen LogP contribution in [0.5, 0.6) is 0 Å². The average Bonchev–Trinajstić information content (AvgIpc) is 2.49. The Hall–Kier alpha value is -2.49. The number of nitriles is 1. The molecule has 0 saturated heterocycles. The second kappa shape index (κ2) is 8.72. The maximum absolute atomic E-state index is 13.1. The zero-order chi connectivity index (χ0) is 16.5. The standard InChI is InChI=1S/C15H16F2N2O3/c1-22-15(21)13(4-2-3-7-18)19-14(20)9-10-5-6-11(16)12(17)8-10/h5-6,8,13H,2-4,9H2,1H3,(H,19,20)/t13-/m1/s1. The van der Waals surface area contributed by atoms with Gasteiger partial charge in [0.1, 0.15) is 6.04 Å². The maximum atomic E-state index is 13.1. The number of hydrogen-bond donors (Lipinski definition) is 1. The number of amides is 1. The maximum Gasteiger partial charge on any atom is 0.328 e. The number of ether oxygens (including phenoxy) is 1. The van der Waals surface area contributed by atoms with Crippen LogP contribution in [0.25, 0.3) is 0 Å². The summed E-state index contributed by atoms with van der Waals surface area (Å²) in [6, 6.07) is 4.23. The predicted molar refractivity (Wildman–Crippen MR) is 73.5 cm³/mol. The van der Waals surface area contributed by atoms with Crippen molar-refractivity contribution >= 4 is 11.9 Å². The molecule has 0 unspecified atom stereocenters. The third-order valence-corrected chi connectivity index (χ3v) is 2.95. The molecule has 0 aliphatic carbocycles. The van der Waals surface area contributed by atoms with Gasteiger partial charge in [-0.1, -0.05) is 6.07 Å². The van der Waals surface area contributed by atoms with E-state index in [1.165, 1.54) is 13.2 Å². The third kappa shape index (κ3) is 5.48. The van der Waals surface area contributed by atoms with Crippen LogP contribution in [0.2, 0.25) is 0 Å². The Morgan fingerprint density at radius 2 is 2.09 bits per heavy atom. The van der Waals surface area contributed by atoms with E-state index in [1.54, 1.807) is 0 Å². The summed E-state index contributed by atoms with van der Waals surface area (Å²) in [5.41, 5.74) is 0.289. The molecule has 0 bridgehead atoms. The van der Waals surface area contributed by atoms with E-state index in [0.29, 0.717) is 6.42 Å². The van der Waals surface area contributed by atoms with Crippen LogP contribution >= 0.6 is 0 Å². The molecule has 0 aliphatic heterocycles. The van der Waals surface area contributed by atoms with Crippen molar-refractivity contribution in [2.45, 2.75) is 31.7 Å². The van der Waals surface area contributed by atoms with Gasteiger partial charge in [0.25, 0.3) is 0 Å². The number of esters is 1. The fourth-order valence-corrected chi connectivity index (χ4v) is 1.86. The van der Waals surface area contributed by atoms with Crippen LogP contribution in [-0.2, 0) is 20.7 Å².